The van der Waals surface area contributed by atoms with Crippen molar-refractivity contribution in [3.63, 3.8) is 0 Å². The van der Waals surface area contributed by atoms with Crippen molar-refractivity contribution < 1.29 is 8.42 Å². The van der Waals surface area contributed by atoms with Gasteiger partial charge in [0.2, 0.25) is 0 Å². The van der Waals surface area contributed by atoms with E-state index in [-0.39, 0.29) is 0 Å². The van der Waals surface area contributed by atoms with Crippen LogP contribution in [0.5, 0.6) is 0 Å². The molecule has 0 unspecified atom stereocenters. The van der Waals surface area contributed by atoms with Gasteiger partial charge < -0.3 is 5.32 Å². The molecule has 0 aliphatic heterocycles. The zero-order valence-corrected chi connectivity index (χ0v) is 12.7. The van der Waals surface area contributed by atoms with Gasteiger partial charge in [0.05, 0.1) is 27.7 Å². The van der Waals surface area contributed by atoms with E-state index in [0.29, 0.717) is 13.1 Å². The van der Waals surface area contributed by atoms with Gasteiger partial charge in [0, 0.05) is 19.3 Å². The number of nitrogens with zero attached hydrogens (tertiary/aromatic N) is 2. The highest BCUT2D eigenvalue weighted by Crippen LogP contribution is 2.14. The van der Waals surface area contributed by atoms with Gasteiger partial charge in [-0.25, -0.2) is 13.4 Å². The van der Waals surface area contributed by atoms with Gasteiger partial charge in [0.25, 0.3) is 0 Å². The summed E-state index contributed by atoms with van der Waals surface area (Å²) in [5.41, 5.74) is 2.50. The molecule has 6 heteroatoms. The van der Waals surface area contributed by atoms with Gasteiger partial charge in [-0.1, -0.05) is 12.1 Å². The number of sulfone groups is 1. The first-order valence-corrected chi connectivity index (χ1v) is 8.30. The van der Waals surface area contributed by atoms with Gasteiger partial charge in [0.15, 0.2) is 9.84 Å². The van der Waals surface area contributed by atoms with E-state index in [1.165, 1.54) is 6.26 Å². The second-order valence-electron chi connectivity index (χ2n) is 5.49. The van der Waals surface area contributed by atoms with Gasteiger partial charge in [-0.3, -0.25) is 4.98 Å². The van der Waals surface area contributed by atoms with Gasteiger partial charge >= 0.3 is 0 Å². The third-order valence-electron chi connectivity index (χ3n) is 3.36. The van der Waals surface area contributed by atoms with Crippen LogP contribution in [0.1, 0.15) is 19.5 Å². The molecule has 0 aliphatic carbocycles. The molecule has 1 aromatic heterocycles. The number of benzene rings is 1. The fourth-order valence-corrected chi connectivity index (χ4v) is 2.07. The minimum Gasteiger partial charge on any atom is -0.310 e. The van der Waals surface area contributed by atoms with Crippen LogP contribution in [0.4, 0.5) is 0 Å². The van der Waals surface area contributed by atoms with Crippen molar-refractivity contribution >= 4 is 20.9 Å². The molecule has 0 saturated carbocycles. The Bertz CT molecular complexity index is 711. The molecule has 20 heavy (non-hydrogen) atoms. The maximum atomic E-state index is 11.6. The van der Waals surface area contributed by atoms with Crippen LogP contribution in [0.2, 0.25) is 0 Å². The van der Waals surface area contributed by atoms with E-state index in [4.69, 9.17) is 0 Å². The smallest absolute Gasteiger partial charge is 0.153 e. The van der Waals surface area contributed by atoms with Gasteiger partial charge in [-0.15, -0.1) is 0 Å². The van der Waals surface area contributed by atoms with Crippen LogP contribution in [0.25, 0.3) is 11.0 Å². The molecular weight excluding hydrogens is 274 g/mol. The standard InChI is InChI=1S/C14H19N3O2S/c1-14(2,20(3,18)19)10-15-8-11-9-16-12-6-4-5-7-13(12)17-11/h4-7,9,15H,8,10H2,1-3H3. The Morgan fingerprint density at radius 1 is 1.20 bits per heavy atom. The van der Waals surface area contributed by atoms with Crippen molar-refractivity contribution in [2.24, 2.45) is 0 Å². The monoisotopic (exact) mass is 293 g/mol. The van der Waals surface area contributed by atoms with Crippen LogP contribution in [-0.4, -0.2) is 35.9 Å². The van der Waals surface area contributed by atoms with Crippen molar-refractivity contribution in [1.82, 2.24) is 15.3 Å². The third kappa shape index (κ3) is 3.32. The van der Waals surface area contributed by atoms with Crippen molar-refractivity contribution in [3.8, 4) is 0 Å². The molecule has 0 radical (unpaired) electrons. The van der Waals surface area contributed by atoms with Crippen molar-refractivity contribution in [2.45, 2.75) is 25.1 Å². The van der Waals surface area contributed by atoms with E-state index in [2.05, 4.69) is 15.3 Å². The zero-order chi connectivity index (χ0) is 14.8. The molecule has 0 amide bonds. The fraction of sp³-hybridized carbons (Fsp3) is 0.429. The number of fused-ring (bicyclic) bond motifs is 1. The van der Waals surface area contributed by atoms with Crippen molar-refractivity contribution in [1.29, 1.82) is 0 Å². The Hall–Kier alpha value is -1.53. The second kappa shape index (κ2) is 5.46. The fourth-order valence-electron chi connectivity index (χ4n) is 1.70. The SMILES string of the molecule is CC(C)(CNCc1cnc2ccccc2n1)S(C)(=O)=O. The number of aromatic nitrogens is 2. The van der Waals surface area contributed by atoms with Crippen LogP contribution in [-0.2, 0) is 16.4 Å². The highest BCUT2D eigenvalue weighted by molar-refractivity contribution is 7.92. The molecule has 1 N–H and O–H groups in total. The van der Waals surface area contributed by atoms with Crippen molar-refractivity contribution in [2.75, 3.05) is 12.8 Å². The molecular formula is C14H19N3O2S. The molecule has 2 rings (SSSR count). The van der Waals surface area contributed by atoms with E-state index in [1.807, 2.05) is 24.3 Å². The molecule has 0 saturated heterocycles. The lowest BCUT2D eigenvalue weighted by Gasteiger charge is -2.22. The molecule has 0 spiro atoms. The summed E-state index contributed by atoms with van der Waals surface area (Å²) in [4.78, 5) is 8.81. The minimum atomic E-state index is -3.09. The lowest BCUT2D eigenvalue weighted by Crippen LogP contribution is -2.41. The molecule has 1 aromatic carbocycles. The maximum Gasteiger partial charge on any atom is 0.153 e. The molecule has 5 nitrogen and oxygen atoms in total. The summed E-state index contributed by atoms with van der Waals surface area (Å²) in [6, 6.07) is 7.66. The highest BCUT2D eigenvalue weighted by Gasteiger charge is 2.29. The lowest BCUT2D eigenvalue weighted by molar-refractivity contribution is 0.519. The summed E-state index contributed by atoms with van der Waals surface area (Å²) in [6.45, 7) is 4.29. The Kier molecular flexibility index (Phi) is 4.06. The quantitative estimate of drug-likeness (QED) is 0.905. The Balaban J connectivity index is 2.03. The van der Waals surface area contributed by atoms with Crippen LogP contribution in [0, 0.1) is 0 Å². The molecule has 2 aromatic rings. The highest BCUT2D eigenvalue weighted by atomic mass is 32.2. The number of hydrogen-bond acceptors (Lipinski definition) is 5. The van der Waals surface area contributed by atoms with Crippen LogP contribution < -0.4 is 5.32 Å². The van der Waals surface area contributed by atoms with E-state index < -0.39 is 14.6 Å². The average Bonchev–Trinajstić information content (AvgIpc) is 2.37. The Morgan fingerprint density at radius 3 is 2.50 bits per heavy atom. The molecule has 0 bridgehead atoms. The molecule has 1 heterocycles. The first-order chi connectivity index (χ1) is 9.29. The molecule has 0 aliphatic rings. The first-order valence-electron chi connectivity index (χ1n) is 6.40. The molecule has 0 atom stereocenters. The molecule has 0 fully saturated rings. The first kappa shape index (κ1) is 14.9. The summed E-state index contributed by atoms with van der Waals surface area (Å²) in [7, 11) is -3.09. The largest absolute Gasteiger partial charge is 0.310 e. The van der Waals surface area contributed by atoms with Crippen LogP contribution >= 0.6 is 0 Å². The summed E-state index contributed by atoms with van der Waals surface area (Å²) in [5, 5.41) is 3.13. The normalized spacial score (nSPS) is 12.8. The van der Waals surface area contributed by atoms with E-state index in [9.17, 15) is 8.42 Å². The summed E-state index contributed by atoms with van der Waals surface area (Å²) in [5.74, 6) is 0. The van der Waals surface area contributed by atoms with Crippen LogP contribution in [0.15, 0.2) is 30.5 Å². The number of hydrogen-bond donors (Lipinski definition) is 1. The van der Waals surface area contributed by atoms with Crippen molar-refractivity contribution in [3.05, 3.63) is 36.2 Å². The molecule has 108 valence electrons. The van der Waals surface area contributed by atoms with E-state index in [0.717, 1.165) is 16.7 Å². The second-order valence-corrected chi connectivity index (χ2v) is 8.13. The predicted molar refractivity (Wildman–Crippen MR) is 80.2 cm³/mol. The number of rotatable bonds is 5. The minimum absolute atomic E-state index is 0.375. The van der Waals surface area contributed by atoms with Crippen LogP contribution in [0.3, 0.4) is 0 Å². The summed E-state index contributed by atoms with van der Waals surface area (Å²) < 4.78 is 22.4. The predicted octanol–water partition coefficient (Wildman–Crippen LogP) is 1.54. The van der Waals surface area contributed by atoms with E-state index in [1.54, 1.807) is 20.0 Å². The lowest BCUT2D eigenvalue weighted by atomic mass is 10.2. The Morgan fingerprint density at radius 2 is 1.85 bits per heavy atom. The summed E-state index contributed by atoms with van der Waals surface area (Å²) in [6.07, 6.45) is 2.97. The third-order valence-corrected chi connectivity index (χ3v) is 5.51. The van der Waals surface area contributed by atoms with E-state index >= 15 is 0 Å². The average molecular weight is 293 g/mol. The zero-order valence-electron chi connectivity index (χ0n) is 11.9. The van der Waals surface area contributed by atoms with Gasteiger partial charge in [-0.05, 0) is 26.0 Å². The number of nitrogens with one attached hydrogen (secondary N) is 1. The summed E-state index contributed by atoms with van der Waals surface area (Å²) >= 11 is 0. The maximum absolute atomic E-state index is 11.6. The topological polar surface area (TPSA) is 72.0 Å². The number of para-hydroxylation sites is 2. The Labute approximate surface area is 119 Å². The van der Waals surface area contributed by atoms with Gasteiger partial charge in [0.1, 0.15) is 0 Å². The van der Waals surface area contributed by atoms with Gasteiger partial charge in [-0.2, -0.15) is 0 Å².